The fraction of sp³-hybridized carbons (Fsp3) is 0.286. The molecule has 1 aliphatic carbocycles. The van der Waals surface area contributed by atoms with E-state index >= 15 is 0 Å². The molecule has 1 heterocycles. The zero-order valence-electron chi connectivity index (χ0n) is 10.0. The number of carboxylic acid groups (broad SMARTS) is 1. The zero-order chi connectivity index (χ0) is 13.4. The summed E-state index contributed by atoms with van der Waals surface area (Å²) in [4.78, 5) is 15.4. The van der Waals surface area contributed by atoms with E-state index in [0.29, 0.717) is 5.75 Å². The largest absolute Gasteiger partial charge is 0.478 e. The van der Waals surface area contributed by atoms with Crippen molar-refractivity contribution in [2.45, 2.75) is 18.9 Å². The summed E-state index contributed by atoms with van der Waals surface area (Å²) in [6.07, 6.45) is 2.85. The smallest absolute Gasteiger partial charge is 0.345 e. The molecular weight excluding hydrogens is 310 g/mol. The van der Waals surface area contributed by atoms with Crippen molar-refractivity contribution in [1.29, 1.82) is 0 Å². The van der Waals surface area contributed by atoms with Crippen molar-refractivity contribution in [1.82, 2.24) is 4.98 Å². The molecular formula is C14H12BrNO3. The fourth-order valence-corrected chi connectivity index (χ4v) is 2.40. The lowest BCUT2D eigenvalue weighted by Gasteiger charge is -2.14. The van der Waals surface area contributed by atoms with Crippen LogP contribution in [0.15, 0.2) is 34.9 Å². The van der Waals surface area contributed by atoms with Gasteiger partial charge in [-0.05, 0) is 53.0 Å². The first kappa shape index (κ1) is 12.4. The topological polar surface area (TPSA) is 59.4 Å². The Balaban J connectivity index is 1.89. The molecule has 4 nitrogen and oxygen atoms in total. The van der Waals surface area contributed by atoms with Crippen molar-refractivity contribution < 1.29 is 14.6 Å². The van der Waals surface area contributed by atoms with Gasteiger partial charge in [0.15, 0.2) is 6.10 Å². The number of hydrogen-bond donors (Lipinski definition) is 1. The van der Waals surface area contributed by atoms with Gasteiger partial charge in [-0.15, -0.1) is 0 Å². The predicted molar refractivity (Wildman–Crippen MR) is 74.2 cm³/mol. The van der Waals surface area contributed by atoms with E-state index < -0.39 is 12.1 Å². The number of carboxylic acids is 1. The summed E-state index contributed by atoms with van der Waals surface area (Å²) < 4.78 is 6.49. The van der Waals surface area contributed by atoms with Gasteiger partial charge in [-0.2, -0.15) is 0 Å². The maximum Gasteiger partial charge on any atom is 0.345 e. The summed E-state index contributed by atoms with van der Waals surface area (Å²) in [5.74, 6) is -0.171. The van der Waals surface area contributed by atoms with E-state index in [1.807, 2.05) is 18.2 Å². The van der Waals surface area contributed by atoms with Crippen LogP contribution >= 0.6 is 15.9 Å². The highest BCUT2D eigenvalue weighted by atomic mass is 79.9. The second-order valence-electron chi connectivity index (χ2n) is 4.72. The number of ether oxygens (including phenoxy) is 1. The van der Waals surface area contributed by atoms with Crippen LogP contribution in [0, 0.1) is 5.92 Å². The van der Waals surface area contributed by atoms with E-state index in [-0.39, 0.29) is 5.92 Å². The second-order valence-corrected chi connectivity index (χ2v) is 5.64. The molecule has 1 unspecified atom stereocenters. The highest BCUT2D eigenvalue weighted by molar-refractivity contribution is 9.10. The second kappa shape index (κ2) is 4.81. The Morgan fingerprint density at radius 2 is 2.21 bits per heavy atom. The molecule has 19 heavy (non-hydrogen) atoms. The number of hydrogen-bond acceptors (Lipinski definition) is 3. The van der Waals surface area contributed by atoms with E-state index in [9.17, 15) is 4.79 Å². The van der Waals surface area contributed by atoms with Crippen LogP contribution in [0.3, 0.4) is 0 Å². The number of aromatic nitrogens is 1. The molecule has 0 bridgehead atoms. The van der Waals surface area contributed by atoms with Gasteiger partial charge in [0.25, 0.3) is 0 Å². The molecule has 1 fully saturated rings. The highest BCUT2D eigenvalue weighted by Crippen LogP contribution is 2.35. The average Bonchev–Trinajstić information content (AvgIpc) is 3.19. The maximum atomic E-state index is 11.2. The molecule has 1 aromatic carbocycles. The molecule has 5 heteroatoms. The van der Waals surface area contributed by atoms with Crippen LogP contribution in [0.1, 0.15) is 12.8 Å². The number of rotatable bonds is 4. The minimum absolute atomic E-state index is 0.147. The van der Waals surface area contributed by atoms with Gasteiger partial charge in [0.05, 0.1) is 5.52 Å². The first-order valence-electron chi connectivity index (χ1n) is 6.08. The van der Waals surface area contributed by atoms with Crippen LogP contribution in [0.25, 0.3) is 10.9 Å². The number of aliphatic carboxylic acids is 1. The molecule has 1 aromatic heterocycles. The molecule has 1 aliphatic rings. The summed E-state index contributed by atoms with van der Waals surface area (Å²) in [6.45, 7) is 0. The van der Waals surface area contributed by atoms with Crippen LogP contribution in [0.4, 0.5) is 0 Å². The van der Waals surface area contributed by atoms with Crippen molar-refractivity contribution in [2.75, 3.05) is 0 Å². The van der Waals surface area contributed by atoms with Crippen molar-refractivity contribution >= 4 is 32.8 Å². The lowest BCUT2D eigenvalue weighted by molar-refractivity contribution is -0.146. The van der Waals surface area contributed by atoms with Gasteiger partial charge in [0.1, 0.15) is 5.75 Å². The van der Waals surface area contributed by atoms with Crippen LogP contribution < -0.4 is 4.74 Å². The van der Waals surface area contributed by atoms with Gasteiger partial charge < -0.3 is 9.84 Å². The lowest BCUT2D eigenvalue weighted by Crippen LogP contribution is -2.29. The Morgan fingerprint density at radius 1 is 1.42 bits per heavy atom. The van der Waals surface area contributed by atoms with E-state index in [4.69, 9.17) is 9.84 Å². The van der Waals surface area contributed by atoms with Gasteiger partial charge in [0.2, 0.25) is 0 Å². The van der Waals surface area contributed by atoms with Crippen LogP contribution in [0.2, 0.25) is 0 Å². The molecule has 0 saturated heterocycles. The standard InChI is InChI=1S/C14H12BrNO3/c15-10-5-9-6-11(3-4-12(9)16-7-10)19-13(14(17)18)8-1-2-8/h3-8,13H,1-2H2,(H,17,18). The summed E-state index contributed by atoms with van der Waals surface area (Å²) in [6, 6.07) is 7.36. The number of nitrogens with zero attached hydrogens (tertiary/aromatic N) is 1. The lowest BCUT2D eigenvalue weighted by atomic mass is 10.2. The Bertz CT molecular complexity index is 640. The summed E-state index contributed by atoms with van der Waals surface area (Å²) >= 11 is 3.37. The quantitative estimate of drug-likeness (QED) is 0.939. The summed E-state index contributed by atoms with van der Waals surface area (Å²) in [7, 11) is 0. The minimum atomic E-state index is -0.894. The van der Waals surface area contributed by atoms with Gasteiger partial charge in [-0.25, -0.2) is 4.79 Å². The monoisotopic (exact) mass is 321 g/mol. The third-order valence-electron chi connectivity index (χ3n) is 3.18. The normalized spacial score (nSPS) is 16.3. The molecule has 3 rings (SSSR count). The summed E-state index contributed by atoms with van der Waals surface area (Å²) in [5, 5.41) is 10.1. The molecule has 1 saturated carbocycles. The van der Waals surface area contributed by atoms with Crippen molar-refractivity contribution in [3.8, 4) is 5.75 Å². The third-order valence-corrected chi connectivity index (χ3v) is 3.61. The van der Waals surface area contributed by atoms with Gasteiger partial charge >= 0.3 is 5.97 Å². The number of pyridine rings is 1. The van der Waals surface area contributed by atoms with Crippen molar-refractivity contribution in [3.63, 3.8) is 0 Å². The molecule has 2 aromatic rings. The van der Waals surface area contributed by atoms with Crippen molar-refractivity contribution in [3.05, 3.63) is 34.9 Å². The van der Waals surface area contributed by atoms with Crippen LogP contribution in [0.5, 0.6) is 5.75 Å². The van der Waals surface area contributed by atoms with Gasteiger partial charge in [0, 0.05) is 22.0 Å². The molecule has 0 aliphatic heterocycles. The Hall–Kier alpha value is -1.62. The number of fused-ring (bicyclic) bond motifs is 1. The molecule has 0 amide bonds. The molecule has 0 spiro atoms. The van der Waals surface area contributed by atoms with Gasteiger partial charge in [-0.1, -0.05) is 0 Å². The third kappa shape index (κ3) is 2.71. The SMILES string of the molecule is O=C(O)C(Oc1ccc2ncc(Br)cc2c1)C1CC1. The minimum Gasteiger partial charge on any atom is -0.478 e. The first-order valence-corrected chi connectivity index (χ1v) is 6.87. The van der Waals surface area contributed by atoms with E-state index in [0.717, 1.165) is 28.2 Å². The zero-order valence-corrected chi connectivity index (χ0v) is 11.6. The van der Waals surface area contributed by atoms with Crippen molar-refractivity contribution in [2.24, 2.45) is 5.92 Å². The van der Waals surface area contributed by atoms with Crippen LogP contribution in [-0.4, -0.2) is 22.2 Å². The molecule has 98 valence electrons. The maximum absolute atomic E-state index is 11.2. The predicted octanol–water partition coefficient (Wildman–Crippen LogP) is 3.24. The van der Waals surface area contributed by atoms with E-state index in [2.05, 4.69) is 20.9 Å². The highest BCUT2D eigenvalue weighted by Gasteiger charge is 2.38. The summed E-state index contributed by atoms with van der Waals surface area (Å²) in [5.41, 5.74) is 0.855. The number of carbonyl (C=O) groups is 1. The first-order chi connectivity index (χ1) is 9.13. The Kier molecular flexibility index (Phi) is 3.14. The average molecular weight is 322 g/mol. The fourth-order valence-electron chi connectivity index (χ4n) is 2.05. The van der Waals surface area contributed by atoms with E-state index in [1.165, 1.54) is 0 Å². The Labute approximate surface area is 118 Å². The van der Waals surface area contributed by atoms with Gasteiger partial charge in [-0.3, -0.25) is 4.98 Å². The Morgan fingerprint density at radius 3 is 2.89 bits per heavy atom. The molecule has 1 N–H and O–H groups in total. The van der Waals surface area contributed by atoms with E-state index in [1.54, 1.807) is 12.3 Å². The number of halogens is 1. The molecule has 0 radical (unpaired) electrons. The number of benzene rings is 1. The van der Waals surface area contributed by atoms with Crippen LogP contribution in [-0.2, 0) is 4.79 Å². The molecule has 1 atom stereocenters.